The van der Waals surface area contributed by atoms with Gasteiger partial charge in [0.25, 0.3) is 0 Å². The van der Waals surface area contributed by atoms with Gasteiger partial charge in [0.2, 0.25) is 0 Å². The van der Waals surface area contributed by atoms with Gasteiger partial charge in [-0.1, -0.05) is 20.3 Å². The van der Waals surface area contributed by atoms with Crippen LogP contribution in [0.25, 0.3) is 0 Å². The lowest BCUT2D eigenvalue weighted by atomic mass is 10.1. The van der Waals surface area contributed by atoms with E-state index in [-0.39, 0.29) is 5.92 Å². The molecule has 0 aromatic rings. The number of carbonyl (C=O) groups is 1. The van der Waals surface area contributed by atoms with Crippen molar-refractivity contribution in [3.8, 4) is 0 Å². The van der Waals surface area contributed by atoms with Gasteiger partial charge in [-0.05, 0) is 5.92 Å². The minimum absolute atomic E-state index is 0.336. The molecule has 0 saturated carbocycles. The molecule has 0 saturated heterocycles. The van der Waals surface area contributed by atoms with E-state index in [2.05, 4.69) is 0 Å². The topological polar surface area (TPSA) is 71.4 Å². The molecule has 0 radical (unpaired) electrons. The summed E-state index contributed by atoms with van der Waals surface area (Å²) >= 11 is 0. The van der Waals surface area contributed by atoms with Gasteiger partial charge in [0.05, 0.1) is 0 Å². The van der Waals surface area contributed by atoms with Crippen molar-refractivity contribution >= 4 is 15.8 Å². The van der Waals surface area contributed by atoms with Crippen molar-refractivity contribution in [2.75, 3.05) is 6.26 Å². The highest BCUT2D eigenvalue weighted by atomic mass is 32.2. The third-order valence-corrected chi connectivity index (χ3v) is 3.45. The van der Waals surface area contributed by atoms with Crippen LogP contribution in [0, 0.1) is 5.92 Å². The average molecular weight is 194 g/mol. The number of hydrogen-bond donors (Lipinski definition) is 1. The standard InChI is InChI=1S/C7H14O4S/c1-4-5(2)6(7(8)9)12(3,10)11/h5-6H,4H2,1-3H3,(H,8,9). The lowest BCUT2D eigenvalue weighted by Crippen LogP contribution is -2.35. The molecule has 0 bridgehead atoms. The maximum atomic E-state index is 11.0. The van der Waals surface area contributed by atoms with Crippen LogP contribution < -0.4 is 0 Å². The number of carboxylic acids is 1. The van der Waals surface area contributed by atoms with Crippen LogP contribution >= 0.6 is 0 Å². The van der Waals surface area contributed by atoms with Crippen molar-refractivity contribution in [1.29, 1.82) is 0 Å². The van der Waals surface area contributed by atoms with E-state index in [0.29, 0.717) is 6.42 Å². The zero-order valence-electron chi connectivity index (χ0n) is 7.44. The second kappa shape index (κ2) is 3.89. The Kier molecular flexibility index (Phi) is 3.70. The Balaban J connectivity index is 4.81. The van der Waals surface area contributed by atoms with Crippen molar-refractivity contribution in [3.63, 3.8) is 0 Å². The van der Waals surface area contributed by atoms with E-state index in [1.54, 1.807) is 13.8 Å². The van der Waals surface area contributed by atoms with Gasteiger partial charge in [0, 0.05) is 6.26 Å². The SMILES string of the molecule is CCC(C)C(C(=O)O)S(C)(=O)=O. The van der Waals surface area contributed by atoms with Gasteiger partial charge in [-0.2, -0.15) is 0 Å². The van der Waals surface area contributed by atoms with Crippen molar-refractivity contribution in [3.05, 3.63) is 0 Å². The molecule has 2 atom stereocenters. The summed E-state index contributed by atoms with van der Waals surface area (Å²) in [5.41, 5.74) is 0. The van der Waals surface area contributed by atoms with Gasteiger partial charge in [-0.25, -0.2) is 8.42 Å². The molecule has 0 aliphatic rings. The monoisotopic (exact) mass is 194 g/mol. The summed E-state index contributed by atoms with van der Waals surface area (Å²) in [5.74, 6) is -1.59. The van der Waals surface area contributed by atoms with Crippen LogP contribution in [0.5, 0.6) is 0 Å². The summed E-state index contributed by atoms with van der Waals surface area (Å²) in [5, 5.41) is 7.37. The minimum Gasteiger partial charge on any atom is -0.480 e. The molecule has 0 aliphatic carbocycles. The summed E-state index contributed by atoms with van der Waals surface area (Å²) < 4.78 is 22.0. The zero-order chi connectivity index (χ0) is 9.94. The number of sulfone groups is 1. The minimum atomic E-state index is -3.48. The number of hydrogen-bond acceptors (Lipinski definition) is 3. The number of carboxylic acid groups (broad SMARTS) is 1. The van der Waals surface area contributed by atoms with E-state index in [4.69, 9.17) is 5.11 Å². The van der Waals surface area contributed by atoms with Gasteiger partial charge in [-0.3, -0.25) is 4.79 Å². The molecule has 0 heterocycles. The fraction of sp³-hybridized carbons (Fsp3) is 0.857. The highest BCUT2D eigenvalue weighted by Crippen LogP contribution is 2.15. The van der Waals surface area contributed by atoms with Gasteiger partial charge in [-0.15, -0.1) is 0 Å². The first-order valence-corrected chi connectivity index (χ1v) is 5.67. The molecule has 0 fully saturated rings. The maximum Gasteiger partial charge on any atom is 0.322 e. The van der Waals surface area contributed by atoms with E-state index in [1.807, 2.05) is 0 Å². The lowest BCUT2D eigenvalue weighted by Gasteiger charge is -2.15. The molecule has 0 amide bonds. The predicted molar refractivity (Wildman–Crippen MR) is 45.7 cm³/mol. The van der Waals surface area contributed by atoms with Crippen LogP contribution in [0.1, 0.15) is 20.3 Å². The Hall–Kier alpha value is -0.580. The van der Waals surface area contributed by atoms with Crippen LogP contribution in [0.3, 0.4) is 0 Å². The third kappa shape index (κ3) is 2.81. The summed E-state index contributed by atoms with van der Waals surface area (Å²) in [4.78, 5) is 10.6. The van der Waals surface area contributed by atoms with E-state index in [9.17, 15) is 13.2 Å². The van der Waals surface area contributed by atoms with E-state index in [0.717, 1.165) is 6.26 Å². The molecule has 0 rings (SSSR count). The molecule has 72 valence electrons. The Morgan fingerprint density at radius 3 is 2.00 bits per heavy atom. The van der Waals surface area contributed by atoms with E-state index >= 15 is 0 Å². The lowest BCUT2D eigenvalue weighted by molar-refractivity contribution is -0.137. The van der Waals surface area contributed by atoms with Gasteiger partial charge in [0.1, 0.15) is 0 Å². The fourth-order valence-corrected chi connectivity index (χ4v) is 2.47. The molecule has 0 aromatic carbocycles. The highest BCUT2D eigenvalue weighted by molar-refractivity contribution is 7.92. The second-order valence-electron chi connectivity index (χ2n) is 2.97. The van der Waals surface area contributed by atoms with Crippen molar-refractivity contribution in [2.24, 2.45) is 5.92 Å². The molecule has 2 unspecified atom stereocenters. The molecule has 0 spiro atoms. The quantitative estimate of drug-likeness (QED) is 0.708. The summed E-state index contributed by atoms with van der Waals surface area (Å²) in [7, 11) is -3.48. The summed E-state index contributed by atoms with van der Waals surface area (Å²) in [6.45, 7) is 3.39. The number of aliphatic carboxylic acids is 1. The van der Waals surface area contributed by atoms with Crippen LogP contribution in [-0.4, -0.2) is 31.0 Å². The molecular weight excluding hydrogens is 180 g/mol. The van der Waals surface area contributed by atoms with Crippen LogP contribution in [0.2, 0.25) is 0 Å². The van der Waals surface area contributed by atoms with Gasteiger partial charge in [0.15, 0.2) is 15.1 Å². The van der Waals surface area contributed by atoms with E-state index in [1.165, 1.54) is 0 Å². The first kappa shape index (κ1) is 11.4. The third-order valence-electron chi connectivity index (χ3n) is 1.87. The first-order chi connectivity index (χ1) is 5.30. The molecule has 12 heavy (non-hydrogen) atoms. The van der Waals surface area contributed by atoms with E-state index < -0.39 is 21.1 Å². The van der Waals surface area contributed by atoms with Crippen LogP contribution in [0.4, 0.5) is 0 Å². The Morgan fingerprint density at radius 1 is 1.50 bits per heavy atom. The average Bonchev–Trinajstić information content (AvgIpc) is 1.83. The highest BCUT2D eigenvalue weighted by Gasteiger charge is 2.32. The van der Waals surface area contributed by atoms with Crippen LogP contribution in [0.15, 0.2) is 0 Å². The fourth-order valence-electron chi connectivity index (χ4n) is 1.06. The van der Waals surface area contributed by atoms with Gasteiger partial charge < -0.3 is 5.11 Å². The molecule has 0 aliphatic heterocycles. The Bertz CT molecular complexity index is 255. The normalized spacial score (nSPS) is 16.9. The molecule has 5 heteroatoms. The smallest absolute Gasteiger partial charge is 0.322 e. The zero-order valence-corrected chi connectivity index (χ0v) is 8.26. The predicted octanol–water partition coefficient (Wildman–Crippen LogP) is 0.530. The first-order valence-electron chi connectivity index (χ1n) is 3.72. The summed E-state index contributed by atoms with van der Waals surface area (Å²) in [6, 6.07) is 0. The Labute approximate surface area is 72.5 Å². The molecular formula is C7H14O4S. The largest absolute Gasteiger partial charge is 0.480 e. The molecule has 4 nitrogen and oxygen atoms in total. The second-order valence-corrected chi connectivity index (χ2v) is 5.14. The molecule has 1 N–H and O–H groups in total. The van der Waals surface area contributed by atoms with Gasteiger partial charge >= 0.3 is 5.97 Å². The van der Waals surface area contributed by atoms with Crippen molar-refractivity contribution in [2.45, 2.75) is 25.5 Å². The Morgan fingerprint density at radius 2 is 1.92 bits per heavy atom. The maximum absolute atomic E-state index is 11.0. The van der Waals surface area contributed by atoms with Crippen molar-refractivity contribution in [1.82, 2.24) is 0 Å². The number of rotatable bonds is 4. The summed E-state index contributed by atoms with van der Waals surface area (Å²) in [6.07, 6.45) is 1.50. The molecule has 0 aromatic heterocycles. The van der Waals surface area contributed by atoms with Crippen LogP contribution in [-0.2, 0) is 14.6 Å². The van der Waals surface area contributed by atoms with Crippen molar-refractivity contribution < 1.29 is 18.3 Å².